The Kier molecular flexibility index (Phi) is 7.76. The third-order valence-corrected chi connectivity index (χ3v) is 3.77. The van der Waals surface area contributed by atoms with E-state index in [-0.39, 0.29) is 11.9 Å². The van der Waals surface area contributed by atoms with Crippen molar-refractivity contribution in [2.75, 3.05) is 39.1 Å². The number of nitrogens with one attached hydrogen (secondary N) is 2. The molecule has 1 amide bonds. The molecular formula is C20H26N4O3. The van der Waals surface area contributed by atoms with Crippen molar-refractivity contribution in [3.63, 3.8) is 0 Å². The van der Waals surface area contributed by atoms with Crippen molar-refractivity contribution in [1.82, 2.24) is 15.2 Å². The highest BCUT2D eigenvalue weighted by atomic mass is 16.5. The number of pyridine rings is 1. The third kappa shape index (κ3) is 6.38. The zero-order valence-electron chi connectivity index (χ0n) is 16.0. The van der Waals surface area contributed by atoms with E-state index in [2.05, 4.69) is 20.5 Å². The number of carbonyl (C=O) groups excluding carboxylic acids is 2. The van der Waals surface area contributed by atoms with Crippen LogP contribution in [0, 0.1) is 0 Å². The average molecular weight is 370 g/mol. The Hall–Kier alpha value is -2.93. The lowest BCUT2D eigenvalue weighted by Gasteiger charge is -2.12. The molecule has 0 aliphatic carbocycles. The van der Waals surface area contributed by atoms with Gasteiger partial charge in [-0.3, -0.25) is 4.79 Å². The van der Waals surface area contributed by atoms with Gasteiger partial charge in [0.1, 0.15) is 5.69 Å². The van der Waals surface area contributed by atoms with Crippen LogP contribution >= 0.6 is 0 Å². The van der Waals surface area contributed by atoms with Gasteiger partial charge in [-0.1, -0.05) is 12.1 Å². The molecule has 0 saturated carbocycles. The standard InChI is InChI=1S/C20H26N4O3/c1-4-27-20(26)16-8-5-6-9-17(16)23-15-10-11-18(22-14-15)19(25)21-12-7-13-24(2)3/h5-6,8-11,14,23H,4,7,12-13H2,1-3H3,(H,21,25). The topological polar surface area (TPSA) is 83.6 Å². The van der Waals surface area contributed by atoms with Crippen molar-refractivity contribution in [1.29, 1.82) is 0 Å². The van der Waals surface area contributed by atoms with Gasteiger partial charge in [0.2, 0.25) is 0 Å². The van der Waals surface area contributed by atoms with Gasteiger partial charge in [0.25, 0.3) is 5.91 Å². The maximum atomic E-state index is 12.1. The molecule has 2 N–H and O–H groups in total. The van der Waals surface area contributed by atoms with E-state index in [1.807, 2.05) is 20.2 Å². The molecule has 0 saturated heterocycles. The second kappa shape index (κ2) is 10.3. The van der Waals surface area contributed by atoms with Gasteiger partial charge < -0.3 is 20.3 Å². The van der Waals surface area contributed by atoms with Crippen molar-refractivity contribution >= 4 is 23.3 Å². The Labute approximate surface area is 159 Å². The number of ether oxygens (including phenoxy) is 1. The van der Waals surface area contributed by atoms with E-state index in [0.717, 1.165) is 13.0 Å². The molecule has 0 atom stereocenters. The number of rotatable bonds is 9. The van der Waals surface area contributed by atoms with Crippen LogP contribution in [-0.4, -0.2) is 55.6 Å². The Morgan fingerprint density at radius 2 is 1.93 bits per heavy atom. The predicted octanol–water partition coefficient (Wildman–Crippen LogP) is 2.68. The fourth-order valence-corrected chi connectivity index (χ4v) is 2.42. The van der Waals surface area contributed by atoms with Crippen molar-refractivity contribution in [2.24, 2.45) is 0 Å². The molecule has 1 heterocycles. The number of esters is 1. The van der Waals surface area contributed by atoms with E-state index in [4.69, 9.17) is 4.74 Å². The molecule has 2 rings (SSSR count). The van der Waals surface area contributed by atoms with E-state index in [1.54, 1.807) is 43.5 Å². The van der Waals surface area contributed by atoms with Gasteiger partial charge in [0.05, 0.1) is 29.7 Å². The summed E-state index contributed by atoms with van der Waals surface area (Å²) in [5, 5.41) is 5.99. The minimum Gasteiger partial charge on any atom is -0.462 e. The predicted molar refractivity (Wildman–Crippen MR) is 105 cm³/mol. The monoisotopic (exact) mass is 370 g/mol. The second-order valence-electron chi connectivity index (χ2n) is 6.24. The molecule has 0 bridgehead atoms. The number of anilines is 2. The molecule has 0 aliphatic rings. The Morgan fingerprint density at radius 1 is 1.15 bits per heavy atom. The summed E-state index contributed by atoms with van der Waals surface area (Å²) in [4.78, 5) is 30.4. The summed E-state index contributed by atoms with van der Waals surface area (Å²) in [6.45, 7) is 3.59. The number of hydrogen-bond donors (Lipinski definition) is 2. The van der Waals surface area contributed by atoms with Crippen LogP contribution in [0.2, 0.25) is 0 Å². The van der Waals surface area contributed by atoms with E-state index >= 15 is 0 Å². The first-order chi connectivity index (χ1) is 13.0. The number of para-hydroxylation sites is 1. The molecule has 0 unspecified atom stereocenters. The summed E-state index contributed by atoms with van der Waals surface area (Å²) in [7, 11) is 3.99. The van der Waals surface area contributed by atoms with Gasteiger partial charge in [0.15, 0.2) is 0 Å². The lowest BCUT2D eigenvalue weighted by atomic mass is 10.1. The molecule has 144 valence electrons. The molecule has 7 heteroatoms. The number of carbonyl (C=O) groups is 2. The molecule has 0 fully saturated rings. The van der Waals surface area contributed by atoms with Crippen LogP contribution < -0.4 is 10.6 Å². The van der Waals surface area contributed by atoms with Gasteiger partial charge >= 0.3 is 5.97 Å². The molecule has 2 aromatic rings. The number of benzene rings is 1. The first-order valence-electron chi connectivity index (χ1n) is 8.93. The largest absolute Gasteiger partial charge is 0.462 e. The van der Waals surface area contributed by atoms with Crippen LogP contribution in [0.25, 0.3) is 0 Å². The second-order valence-corrected chi connectivity index (χ2v) is 6.24. The summed E-state index contributed by atoms with van der Waals surface area (Å²) in [6, 6.07) is 10.5. The average Bonchev–Trinajstić information content (AvgIpc) is 2.66. The molecule has 1 aromatic heterocycles. The summed E-state index contributed by atoms with van der Waals surface area (Å²) < 4.78 is 5.07. The van der Waals surface area contributed by atoms with E-state index in [0.29, 0.717) is 35.8 Å². The summed E-state index contributed by atoms with van der Waals surface area (Å²) in [5.74, 6) is -0.588. The number of nitrogens with zero attached hydrogens (tertiary/aromatic N) is 2. The van der Waals surface area contributed by atoms with Gasteiger partial charge in [0, 0.05) is 6.54 Å². The quantitative estimate of drug-likeness (QED) is 0.522. The van der Waals surface area contributed by atoms with Crippen molar-refractivity contribution < 1.29 is 14.3 Å². The van der Waals surface area contributed by atoms with Crippen LogP contribution in [0.5, 0.6) is 0 Å². The van der Waals surface area contributed by atoms with Crippen molar-refractivity contribution in [3.05, 3.63) is 53.9 Å². The van der Waals surface area contributed by atoms with E-state index in [9.17, 15) is 9.59 Å². The van der Waals surface area contributed by atoms with Crippen LogP contribution in [0.3, 0.4) is 0 Å². The maximum absolute atomic E-state index is 12.1. The van der Waals surface area contributed by atoms with Crippen LogP contribution in [0.1, 0.15) is 34.2 Å². The zero-order valence-corrected chi connectivity index (χ0v) is 16.0. The third-order valence-electron chi connectivity index (χ3n) is 3.77. The van der Waals surface area contributed by atoms with Gasteiger partial charge in [-0.25, -0.2) is 9.78 Å². The van der Waals surface area contributed by atoms with Crippen LogP contribution in [0.4, 0.5) is 11.4 Å². The minimum atomic E-state index is -0.387. The minimum absolute atomic E-state index is 0.202. The Morgan fingerprint density at radius 3 is 2.59 bits per heavy atom. The molecule has 1 aromatic carbocycles. The van der Waals surface area contributed by atoms with Gasteiger partial charge in [-0.15, -0.1) is 0 Å². The highest BCUT2D eigenvalue weighted by molar-refractivity contribution is 5.96. The maximum Gasteiger partial charge on any atom is 0.340 e. The smallest absolute Gasteiger partial charge is 0.340 e. The lowest BCUT2D eigenvalue weighted by molar-refractivity contribution is 0.0527. The van der Waals surface area contributed by atoms with E-state index < -0.39 is 0 Å². The first-order valence-corrected chi connectivity index (χ1v) is 8.93. The number of hydrogen-bond acceptors (Lipinski definition) is 6. The van der Waals surface area contributed by atoms with E-state index in [1.165, 1.54) is 0 Å². The zero-order chi connectivity index (χ0) is 19.6. The summed E-state index contributed by atoms with van der Waals surface area (Å²) in [5.41, 5.74) is 2.10. The number of aromatic nitrogens is 1. The van der Waals surface area contributed by atoms with Crippen molar-refractivity contribution in [2.45, 2.75) is 13.3 Å². The Bertz CT molecular complexity index is 760. The molecule has 7 nitrogen and oxygen atoms in total. The van der Waals surface area contributed by atoms with Crippen LogP contribution in [-0.2, 0) is 4.74 Å². The fourth-order valence-electron chi connectivity index (χ4n) is 2.42. The molecular weight excluding hydrogens is 344 g/mol. The Balaban J connectivity index is 1.98. The van der Waals surface area contributed by atoms with Gasteiger partial charge in [-0.05, 0) is 58.3 Å². The first kappa shape index (κ1) is 20.4. The normalized spacial score (nSPS) is 10.5. The summed E-state index contributed by atoms with van der Waals surface area (Å²) in [6.07, 6.45) is 2.44. The van der Waals surface area contributed by atoms with Gasteiger partial charge in [-0.2, -0.15) is 0 Å². The molecule has 27 heavy (non-hydrogen) atoms. The lowest BCUT2D eigenvalue weighted by Crippen LogP contribution is -2.27. The highest BCUT2D eigenvalue weighted by Gasteiger charge is 2.12. The fraction of sp³-hybridized carbons (Fsp3) is 0.350. The molecule has 0 spiro atoms. The van der Waals surface area contributed by atoms with Crippen molar-refractivity contribution in [3.8, 4) is 0 Å². The summed E-state index contributed by atoms with van der Waals surface area (Å²) >= 11 is 0. The molecule has 0 aliphatic heterocycles. The van der Waals surface area contributed by atoms with Crippen LogP contribution in [0.15, 0.2) is 42.6 Å². The molecule has 0 radical (unpaired) electrons. The number of amides is 1. The highest BCUT2D eigenvalue weighted by Crippen LogP contribution is 2.21. The SMILES string of the molecule is CCOC(=O)c1ccccc1Nc1ccc(C(=O)NCCCN(C)C)nc1.